The number of halogens is 1. The minimum atomic E-state index is -0.749. The maximum atomic E-state index is 12.8. The zero-order valence-electron chi connectivity index (χ0n) is 20.0. The largest absolute Gasteiger partial charge is 0.491 e. The fraction of sp³-hybridized carbons (Fsp3) is 0.462. The van der Waals surface area contributed by atoms with Crippen molar-refractivity contribution >= 4 is 34.2 Å². The number of likely N-dealkylation sites (tertiary alicyclic amines) is 1. The number of anilines is 1. The Morgan fingerprint density at radius 3 is 2.69 bits per heavy atom. The van der Waals surface area contributed by atoms with Crippen LogP contribution >= 0.6 is 11.6 Å². The molecule has 4 heterocycles. The van der Waals surface area contributed by atoms with Crippen molar-refractivity contribution in [2.75, 3.05) is 31.6 Å². The molecule has 0 radical (unpaired) electrons. The number of pyridine rings is 1. The molecule has 1 aromatic carbocycles. The van der Waals surface area contributed by atoms with Crippen molar-refractivity contribution in [3.05, 3.63) is 57.7 Å². The summed E-state index contributed by atoms with van der Waals surface area (Å²) in [5.74, 6) is 0.679. The van der Waals surface area contributed by atoms with Gasteiger partial charge in [-0.2, -0.15) is 0 Å². The fourth-order valence-electron chi connectivity index (χ4n) is 5.91. The number of aromatic nitrogens is 3. The Labute approximate surface area is 213 Å². The molecule has 9 nitrogen and oxygen atoms in total. The molecule has 2 aromatic heterocycles. The van der Waals surface area contributed by atoms with E-state index in [1.54, 1.807) is 23.8 Å². The summed E-state index contributed by atoms with van der Waals surface area (Å²) < 4.78 is 7.55. The molecule has 1 saturated carbocycles. The number of ether oxygens (including phenoxy) is 1. The minimum absolute atomic E-state index is 0.0653. The Morgan fingerprint density at radius 2 is 1.94 bits per heavy atom. The van der Waals surface area contributed by atoms with E-state index in [1.165, 1.54) is 6.20 Å². The Hall–Kier alpha value is -3.01. The van der Waals surface area contributed by atoms with E-state index in [9.17, 15) is 14.7 Å². The Bertz CT molecular complexity index is 1410. The first-order chi connectivity index (χ1) is 17.2. The van der Waals surface area contributed by atoms with E-state index in [-0.39, 0.29) is 17.6 Å². The number of rotatable bonds is 5. The quantitative estimate of drug-likeness (QED) is 0.544. The molecular weight excluding hydrogens is 482 g/mol. The lowest BCUT2D eigenvalue weighted by Crippen LogP contribution is -2.47. The van der Waals surface area contributed by atoms with Crippen LogP contribution in [0, 0.1) is 0 Å². The molecule has 2 N–H and O–H groups in total. The van der Waals surface area contributed by atoms with Crippen LogP contribution in [0.3, 0.4) is 0 Å². The molecule has 2 aliphatic heterocycles. The van der Waals surface area contributed by atoms with Crippen LogP contribution in [-0.2, 0) is 10.2 Å². The first-order valence-electron chi connectivity index (χ1n) is 12.3. The van der Waals surface area contributed by atoms with Crippen LogP contribution in [0.15, 0.2) is 41.5 Å². The van der Waals surface area contributed by atoms with Crippen LogP contribution in [0.5, 0.6) is 5.75 Å². The summed E-state index contributed by atoms with van der Waals surface area (Å²) in [6, 6.07) is 7.35. The van der Waals surface area contributed by atoms with Gasteiger partial charge in [0.05, 0.1) is 17.2 Å². The third-order valence-electron chi connectivity index (χ3n) is 7.90. The molecule has 0 bridgehead atoms. The van der Waals surface area contributed by atoms with E-state index in [0.29, 0.717) is 35.9 Å². The summed E-state index contributed by atoms with van der Waals surface area (Å²) >= 11 is 6.22. The van der Waals surface area contributed by atoms with Gasteiger partial charge in [0.2, 0.25) is 5.91 Å². The Kier molecular flexibility index (Phi) is 5.55. The van der Waals surface area contributed by atoms with Gasteiger partial charge in [0, 0.05) is 34.9 Å². The zero-order chi connectivity index (χ0) is 25.1. The number of nitrogens with zero attached hydrogens (tertiary/aromatic N) is 4. The molecule has 3 aliphatic rings. The van der Waals surface area contributed by atoms with Gasteiger partial charge >= 0.3 is 5.69 Å². The molecule has 1 amide bonds. The lowest BCUT2D eigenvalue weighted by molar-refractivity contribution is -0.122. The second-order valence-corrected chi connectivity index (χ2v) is 10.9. The van der Waals surface area contributed by atoms with Gasteiger partial charge in [-0.25, -0.2) is 14.8 Å². The molecule has 3 aromatic rings. The smallest absolute Gasteiger partial charge is 0.349 e. The van der Waals surface area contributed by atoms with Crippen molar-refractivity contribution < 1.29 is 14.6 Å². The normalized spacial score (nSPS) is 25.0. The predicted octanol–water partition coefficient (Wildman–Crippen LogP) is 2.90. The minimum Gasteiger partial charge on any atom is -0.491 e. The van der Waals surface area contributed by atoms with Gasteiger partial charge in [-0.1, -0.05) is 11.6 Å². The number of nitrogens with one attached hydrogen (secondary N) is 1. The first kappa shape index (κ1) is 23.4. The second kappa shape index (κ2) is 8.54. The topological polar surface area (TPSA) is 110 Å². The lowest BCUT2D eigenvalue weighted by atomic mass is 9.73. The van der Waals surface area contributed by atoms with E-state index in [1.807, 2.05) is 18.2 Å². The van der Waals surface area contributed by atoms with Crippen LogP contribution in [0.2, 0.25) is 5.02 Å². The van der Waals surface area contributed by atoms with E-state index >= 15 is 0 Å². The van der Waals surface area contributed by atoms with E-state index in [0.717, 1.165) is 49.1 Å². The van der Waals surface area contributed by atoms with Gasteiger partial charge < -0.3 is 15.2 Å². The predicted molar refractivity (Wildman–Crippen MR) is 136 cm³/mol. The molecule has 6 rings (SSSR count). The fourth-order valence-corrected chi connectivity index (χ4v) is 6.08. The molecule has 2 fully saturated rings. The second-order valence-electron chi connectivity index (χ2n) is 10.5. The summed E-state index contributed by atoms with van der Waals surface area (Å²) in [6.45, 7) is 4.56. The van der Waals surface area contributed by atoms with Gasteiger partial charge in [-0.15, -0.1) is 0 Å². The van der Waals surface area contributed by atoms with E-state index in [4.69, 9.17) is 16.3 Å². The zero-order valence-corrected chi connectivity index (χ0v) is 20.8. The van der Waals surface area contributed by atoms with Crippen LogP contribution in [0.1, 0.15) is 44.2 Å². The highest BCUT2D eigenvalue weighted by atomic mass is 35.5. The third kappa shape index (κ3) is 3.95. The number of carbonyl (C=O) groups excluding carboxylic acids is 1. The van der Waals surface area contributed by atoms with Gasteiger partial charge in [0.1, 0.15) is 18.0 Å². The number of aliphatic hydroxyl groups is 1. The SMILES string of the molecule is CC1(O)CC(n2c(=O)ncc3cc(OCCN4CCC5(CC4)C(=O)Nc4ccc(Cl)cc45)cnc32)C1. The molecule has 1 spiro atoms. The van der Waals surface area contributed by atoms with Gasteiger partial charge in [-0.3, -0.25) is 14.3 Å². The standard InChI is InChI=1S/C26H28ClN5O4/c1-25(35)12-18(13-25)32-22-16(14-29-24(32)34)10-19(15-28-22)36-9-8-31-6-4-26(5-7-31)20-11-17(27)2-3-21(20)30-23(26)33/h2-3,10-11,14-15,18,35H,4-9,12-13H2,1H3,(H,30,33). The van der Waals surface area contributed by atoms with Crippen molar-refractivity contribution in [3.8, 4) is 5.75 Å². The highest BCUT2D eigenvalue weighted by Crippen LogP contribution is 2.46. The first-order valence-corrected chi connectivity index (χ1v) is 12.7. The molecule has 0 unspecified atom stereocenters. The number of hydrogen-bond donors (Lipinski definition) is 2. The average molecular weight is 510 g/mol. The van der Waals surface area contributed by atoms with Crippen molar-refractivity contribution in [1.82, 2.24) is 19.4 Å². The lowest BCUT2D eigenvalue weighted by Gasteiger charge is -2.41. The van der Waals surface area contributed by atoms with E-state index < -0.39 is 11.0 Å². The van der Waals surface area contributed by atoms with Gasteiger partial charge in [-0.05, 0) is 75.5 Å². The average Bonchev–Trinajstić information content (AvgIpc) is 3.09. The van der Waals surface area contributed by atoms with Crippen molar-refractivity contribution in [3.63, 3.8) is 0 Å². The molecule has 1 aliphatic carbocycles. The van der Waals surface area contributed by atoms with Crippen LogP contribution < -0.4 is 15.7 Å². The van der Waals surface area contributed by atoms with Gasteiger partial charge in [0.15, 0.2) is 0 Å². The summed E-state index contributed by atoms with van der Waals surface area (Å²) in [5.41, 5.74) is 0.827. The third-order valence-corrected chi connectivity index (χ3v) is 8.14. The molecule has 0 atom stereocenters. The summed E-state index contributed by atoms with van der Waals surface area (Å²) in [4.78, 5) is 36.0. The Morgan fingerprint density at radius 1 is 1.17 bits per heavy atom. The highest BCUT2D eigenvalue weighted by Gasteiger charge is 2.48. The van der Waals surface area contributed by atoms with E-state index in [2.05, 4.69) is 20.2 Å². The molecule has 188 valence electrons. The van der Waals surface area contributed by atoms with Gasteiger partial charge in [0.25, 0.3) is 0 Å². The number of piperidine rings is 1. The maximum Gasteiger partial charge on any atom is 0.349 e. The van der Waals surface area contributed by atoms with Crippen LogP contribution in [-0.4, -0.2) is 62.3 Å². The Balaban J connectivity index is 1.08. The summed E-state index contributed by atoms with van der Waals surface area (Å²) in [7, 11) is 0. The maximum absolute atomic E-state index is 12.8. The number of amides is 1. The van der Waals surface area contributed by atoms with Crippen LogP contribution in [0.25, 0.3) is 11.0 Å². The molecule has 1 saturated heterocycles. The van der Waals surface area contributed by atoms with Crippen molar-refractivity contribution in [1.29, 1.82) is 0 Å². The molecular formula is C26H28ClN5O4. The van der Waals surface area contributed by atoms with Crippen molar-refractivity contribution in [2.45, 2.75) is 49.7 Å². The van der Waals surface area contributed by atoms with Crippen molar-refractivity contribution in [2.24, 2.45) is 0 Å². The monoisotopic (exact) mass is 509 g/mol. The summed E-state index contributed by atoms with van der Waals surface area (Å²) in [5, 5.41) is 14.5. The van der Waals surface area contributed by atoms with Crippen LogP contribution in [0.4, 0.5) is 5.69 Å². The molecule has 36 heavy (non-hydrogen) atoms. The molecule has 10 heteroatoms. The number of fused-ring (bicyclic) bond motifs is 3. The number of carbonyl (C=O) groups is 1. The summed E-state index contributed by atoms with van der Waals surface area (Å²) in [6.07, 6.45) is 5.63. The highest BCUT2D eigenvalue weighted by molar-refractivity contribution is 6.31. The number of hydrogen-bond acceptors (Lipinski definition) is 7. The number of benzene rings is 1.